The Morgan fingerprint density at radius 2 is 0.889 bits per heavy atom. The molecular formula is C4H12Cl2CrO2. The van der Waals surface area contributed by atoms with Gasteiger partial charge in [0.1, 0.15) is 0 Å². The standard InChI is InChI=1S/2C2H6O.2ClH.Cr/c2*1-2-3;;;/h2*3H,2H2,1H3;2*1H;/q;;;;+2/p-2. The molecule has 0 aliphatic carbocycles. The molecule has 0 rings (SSSR count). The zero-order chi connectivity index (χ0) is 5.41. The molecule has 5 heteroatoms. The van der Waals surface area contributed by atoms with Gasteiger partial charge in [0, 0.05) is 13.2 Å². The number of aliphatic hydroxyl groups excluding tert-OH is 2. The summed E-state index contributed by atoms with van der Waals surface area (Å²) < 4.78 is 0. The number of hydrogen-bond donors (Lipinski definition) is 2. The van der Waals surface area contributed by atoms with Gasteiger partial charge in [0.15, 0.2) is 0 Å². The molecule has 0 saturated carbocycles. The van der Waals surface area contributed by atoms with Crippen LogP contribution in [0.15, 0.2) is 0 Å². The molecule has 0 heterocycles. The maximum absolute atomic E-state index is 7.57. The van der Waals surface area contributed by atoms with E-state index in [-0.39, 0.29) is 55.4 Å². The molecule has 0 aromatic heterocycles. The molecule has 0 aromatic carbocycles. The van der Waals surface area contributed by atoms with Crippen LogP contribution in [0.3, 0.4) is 0 Å². The summed E-state index contributed by atoms with van der Waals surface area (Å²) in [4.78, 5) is 0. The Kier molecular flexibility index (Phi) is 228. The van der Waals surface area contributed by atoms with Crippen LogP contribution in [0.5, 0.6) is 0 Å². The predicted octanol–water partition coefficient (Wildman–Crippen LogP) is -6.00. The fourth-order valence-electron chi connectivity index (χ4n) is 0. The molecule has 0 aromatic rings. The Morgan fingerprint density at radius 3 is 0.889 bits per heavy atom. The van der Waals surface area contributed by atoms with Gasteiger partial charge in [0.25, 0.3) is 0 Å². The fourth-order valence-corrected chi connectivity index (χ4v) is 0. The Labute approximate surface area is 79.6 Å². The molecule has 0 saturated heterocycles. The number of hydrogen-bond acceptors (Lipinski definition) is 2. The van der Waals surface area contributed by atoms with Crippen molar-refractivity contribution in [3.05, 3.63) is 0 Å². The summed E-state index contributed by atoms with van der Waals surface area (Å²) in [5, 5.41) is 15.1. The molecular weight excluding hydrogens is 203 g/mol. The van der Waals surface area contributed by atoms with E-state index in [1.807, 2.05) is 0 Å². The number of halogens is 2. The molecule has 2 N–H and O–H groups in total. The first-order chi connectivity index (χ1) is 2.83. The normalized spacial score (nSPS) is 4.00. The van der Waals surface area contributed by atoms with Crippen molar-refractivity contribution in [2.45, 2.75) is 13.8 Å². The maximum Gasteiger partial charge on any atom is 2.00 e. The monoisotopic (exact) mass is 214 g/mol. The van der Waals surface area contributed by atoms with E-state index in [1.54, 1.807) is 13.8 Å². The molecule has 0 radical (unpaired) electrons. The van der Waals surface area contributed by atoms with Gasteiger partial charge in [-0.25, -0.2) is 0 Å². The molecule has 0 spiro atoms. The van der Waals surface area contributed by atoms with Gasteiger partial charge < -0.3 is 35.0 Å². The van der Waals surface area contributed by atoms with Crippen molar-refractivity contribution in [3.63, 3.8) is 0 Å². The van der Waals surface area contributed by atoms with E-state index >= 15 is 0 Å². The van der Waals surface area contributed by atoms with E-state index in [1.165, 1.54) is 0 Å². The minimum atomic E-state index is 0. The number of aliphatic hydroxyl groups is 2. The molecule has 0 amide bonds. The second-order valence-corrected chi connectivity index (χ2v) is 0.632. The van der Waals surface area contributed by atoms with E-state index in [2.05, 4.69) is 0 Å². The molecule has 0 aliphatic heterocycles. The average Bonchev–Trinajstić information content (AvgIpc) is 1.39. The summed E-state index contributed by atoms with van der Waals surface area (Å²) in [6, 6.07) is 0. The minimum Gasteiger partial charge on any atom is -1.00 e. The Bertz CT molecular complexity index is 18.5. The summed E-state index contributed by atoms with van der Waals surface area (Å²) >= 11 is 0. The van der Waals surface area contributed by atoms with Gasteiger partial charge in [-0.2, -0.15) is 0 Å². The van der Waals surface area contributed by atoms with Crippen LogP contribution < -0.4 is 24.8 Å². The zero-order valence-corrected chi connectivity index (χ0v) is 8.26. The van der Waals surface area contributed by atoms with E-state index in [4.69, 9.17) is 10.2 Å². The van der Waals surface area contributed by atoms with Gasteiger partial charge in [0.05, 0.1) is 0 Å². The zero-order valence-electron chi connectivity index (χ0n) is 5.47. The van der Waals surface area contributed by atoms with Crippen LogP contribution >= 0.6 is 0 Å². The van der Waals surface area contributed by atoms with E-state index < -0.39 is 0 Å². The summed E-state index contributed by atoms with van der Waals surface area (Å²) in [6.45, 7) is 3.86. The minimum absolute atomic E-state index is 0. The van der Waals surface area contributed by atoms with Crippen LogP contribution in [0.1, 0.15) is 13.8 Å². The summed E-state index contributed by atoms with van der Waals surface area (Å²) in [7, 11) is 0. The van der Waals surface area contributed by atoms with Crippen LogP contribution in [0, 0.1) is 0 Å². The van der Waals surface area contributed by atoms with Crippen molar-refractivity contribution in [1.82, 2.24) is 0 Å². The summed E-state index contributed by atoms with van der Waals surface area (Å²) in [5.41, 5.74) is 0. The third-order valence-corrected chi connectivity index (χ3v) is 0. The third-order valence-electron chi connectivity index (χ3n) is 0. The van der Waals surface area contributed by atoms with Crippen molar-refractivity contribution in [2.24, 2.45) is 0 Å². The van der Waals surface area contributed by atoms with Gasteiger partial charge in [-0.1, -0.05) is 0 Å². The predicted molar refractivity (Wildman–Crippen MR) is 25.5 cm³/mol. The first-order valence-electron chi connectivity index (χ1n) is 2.05. The van der Waals surface area contributed by atoms with Crippen molar-refractivity contribution in [1.29, 1.82) is 0 Å². The average molecular weight is 215 g/mol. The molecule has 2 nitrogen and oxygen atoms in total. The number of rotatable bonds is 0. The Morgan fingerprint density at radius 1 is 0.889 bits per heavy atom. The van der Waals surface area contributed by atoms with Crippen molar-refractivity contribution >= 4 is 0 Å². The third kappa shape index (κ3) is 419. The molecule has 0 aliphatic rings. The smallest absolute Gasteiger partial charge is 1.00 e. The quantitative estimate of drug-likeness (QED) is 0.422. The second kappa shape index (κ2) is 63.4. The summed E-state index contributed by atoms with van der Waals surface area (Å²) in [5.74, 6) is 0. The Balaban J connectivity index is -0.00000000889. The molecule has 60 valence electrons. The molecule has 9 heavy (non-hydrogen) atoms. The van der Waals surface area contributed by atoms with E-state index in [0.29, 0.717) is 0 Å². The topological polar surface area (TPSA) is 40.5 Å². The fraction of sp³-hybridized carbons (Fsp3) is 1.00. The van der Waals surface area contributed by atoms with Crippen LogP contribution in [-0.2, 0) is 17.4 Å². The van der Waals surface area contributed by atoms with Crippen LogP contribution in [0.4, 0.5) is 0 Å². The van der Waals surface area contributed by atoms with E-state index in [9.17, 15) is 0 Å². The van der Waals surface area contributed by atoms with Crippen molar-refractivity contribution in [2.75, 3.05) is 13.2 Å². The molecule has 0 fully saturated rings. The van der Waals surface area contributed by atoms with Crippen molar-refractivity contribution in [3.8, 4) is 0 Å². The molecule has 0 bridgehead atoms. The van der Waals surface area contributed by atoms with Gasteiger partial charge in [0.2, 0.25) is 0 Å². The van der Waals surface area contributed by atoms with Gasteiger partial charge in [-0.15, -0.1) is 0 Å². The van der Waals surface area contributed by atoms with Crippen LogP contribution in [0.2, 0.25) is 0 Å². The van der Waals surface area contributed by atoms with Gasteiger partial charge in [-0.05, 0) is 13.8 Å². The second-order valence-electron chi connectivity index (χ2n) is 0.632. The summed E-state index contributed by atoms with van der Waals surface area (Å²) in [6.07, 6.45) is 0. The van der Waals surface area contributed by atoms with Gasteiger partial charge >= 0.3 is 17.4 Å². The van der Waals surface area contributed by atoms with Crippen molar-refractivity contribution < 1.29 is 52.4 Å². The Hall–Kier alpha value is 1.03. The first-order valence-corrected chi connectivity index (χ1v) is 2.05. The van der Waals surface area contributed by atoms with Crippen LogP contribution in [-0.4, -0.2) is 23.4 Å². The molecule has 0 atom stereocenters. The SMILES string of the molecule is CCO.CCO.[Cl-].[Cl-].[Cr+2]. The largest absolute Gasteiger partial charge is 2.00 e. The maximum atomic E-state index is 7.57. The molecule has 0 unspecified atom stereocenters. The van der Waals surface area contributed by atoms with E-state index in [0.717, 1.165) is 0 Å². The van der Waals surface area contributed by atoms with Gasteiger partial charge in [-0.3, -0.25) is 0 Å². The first kappa shape index (κ1) is 32.3. The van der Waals surface area contributed by atoms with Crippen LogP contribution in [0.25, 0.3) is 0 Å².